The van der Waals surface area contributed by atoms with Crippen molar-refractivity contribution in [2.75, 3.05) is 7.11 Å². The monoisotopic (exact) mass is 376 g/mol. The number of hydrogen-bond acceptors (Lipinski definition) is 2. The largest absolute Gasteiger partial charge is 0.494 e. The van der Waals surface area contributed by atoms with E-state index in [0.717, 1.165) is 0 Å². The molecule has 100 valence electrons. The molecule has 1 atom stereocenters. The molecular weight excluding hydrogens is 365 g/mol. The third-order valence-electron chi connectivity index (χ3n) is 2.76. The summed E-state index contributed by atoms with van der Waals surface area (Å²) in [6.07, 6.45) is -1.16. The first-order valence-electron chi connectivity index (χ1n) is 5.50. The molecule has 2 aromatic rings. The second kappa shape index (κ2) is 5.83. The average Bonchev–Trinajstić information content (AvgIpc) is 2.38. The van der Waals surface area contributed by atoms with Gasteiger partial charge in [-0.3, -0.25) is 0 Å². The lowest BCUT2D eigenvalue weighted by atomic mass is 10.0. The maximum absolute atomic E-state index is 14.1. The molecule has 0 amide bonds. The molecule has 0 aliphatic rings. The second-order valence-electron chi connectivity index (χ2n) is 3.93. The molecule has 0 aliphatic carbocycles. The fourth-order valence-electron chi connectivity index (χ4n) is 1.79. The molecule has 5 heteroatoms. The Morgan fingerprint density at radius 1 is 1.16 bits per heavy atom. The minimum absolute atomic E-state index is 0.0636. The van der Waals surface area contributed by atoms with E-state index in [4.69, 9.17) is 4.74 Å². The summed E-state index contributed by atoms with van der Waals surface area (Å²) in [6.45, 7) is 0. The zero-order valence-electron chi connectivity index (χ0n) is 10.0. The van der Waals surface area contributed by atoms with Crippen molar-refractivity contribution in [3.8, 4) is 5.75 Å². The first-order valence-corrected chi connectivity index (χ1v) is 6.58. The summed E-state index contributed by atoms with van der Waals surface area (Å²) in [5.41, 5.74) is 0.554. The van der Waals surface area contributed by atoms with Gasteiger partial charge in [0, 0.05) is 9.13 Å². The number of aliphatic hydroxyl groups excluding tert-OH is 1. The SMILES string of the molecule is COc1cccc(C(O)c2ccc(F)cc2I)c1F. The molecular formula is C14H11F2IO2. The van der Waals surface area contributed by atoms with E-state index in [-0.39, 0.29) is 11.3 Å². The Balaban J connectivity index is 2.47. The Hall–Kier alpha value is -1.21. The first-order chi connectivity index (χ1) is 9.04. The maximum atomic E-state index is 14.1. The van der Waals surface area contributed by atoms with Gasteiger partial charge in [-0.15, -0.1) is 0 Å². The second-order valence-corrected chi connectivity index (χ2v) is 5.09. The lowest BCUT2D eigenvalue weighted by Crippen LogP contribution is -2.06. The maximum Gasteiger partial charge on any atom is 0.171 e. The number of benzene rings is 2. The third kappa shape index (κ3) is 2.87. The zero-order valence-corrected chi connectivity index (χ0v) is 12.2. The van der Waals surface area contributed by atoms with Crippen LogP contribution in [0.3, 0.4) is 0 Å². The van der Waals surface area contributed by atoms with Gasteiger partial charge in [0.25, 0.3) is 0 Å². The predicted molar refractivity (Wildman–Crippen MR) is 76.1 cm³/mol. The molecule has 2 nitrogen and oxygen atoms in total. The van der Waals surface area contributed by atoms with Gasteiger partial charge in [-0.25, -0.2) is 8.78 Å². The predicted octanol–water partition coefficient (Wildman–Crippen LogP) is 3.66. The fourth-order valence-corrected chi connectivity index (χ4v) is 2.56. The highest BCUT2D eigenvalue weighted by Crippen LogP contribution is 2.31. The summed E-state index contributed by atoms with van der Waals surface area (Å²) < 4.78 is 32.5. The van der Waals surface area contributed by atoms with E-state index in [1.165, 1.54) is 37.4 Å². The third-order valence-corrected chi connectivity index (χ3v) is 3.70. The topological polar surface area (TPSA) is 29.5 Å². The van der Waals surface area contributed by atoms with Crippen molar-refractivity contribution in [1.82, 2.24) is 0 Å². The molecule has 0 spiro atoms. The molecule has 0 aliphatic heterocycles. The summed E-state index contributed by atoms with van der Waals surface area (Å²) >= 11 is 1.90. The molecule has 0 radical (unpaired) electrons. The van der Waals surface area contributed by atoms with Crippen LogP contribution in [0.15, 0.2) is 36.4 Å². The van der Waals surface area contributed by atoms with Crippen LogP contribution in [0.2, 0.25) is 0 Å². The van der Waals surface area contributed by atoms with Gasteiger partial charge in [-0.05, 0) is 46.4 Å². The molecule has 1 unspecified atom stereocenters. The van der Waals surface area contributed by atoms with Crippen molar-refractivity contribution < 1.29 is 18.6 Å². The zero-order chi connectivity index (χ0) is 14.0. The van der Waals surface area contributed by atoms with Crippen LogP contribution in [0.5, 0.6) is 5.75 Å². The molecule has 0 heterocycles. The van der Waals surface area contributed by atoms with Crippen molar-refractivity contribution in [1.29, 1.82) is 0 Å². The van der Waals surface area contributed by atoms with Gasteiger partial charge in [0.1, 0.15) is 11.9 Å². The summed E-state index contributed by atoms with van der Waals surface area (Å²) in [5.74, 6) is -0.947. The van der Waals surface area contributed by atoms with Crippen molar-refractivity contribution in [2.45, 2.75) is 6.10 Å². The minimum Gasteiger partial charge on any atom is -0.494 e. The molecule has 0 fully saturated rings. The lowest BCUT2D eigenvalue weighted by Gasteiger charge is -2.15. The van der Waals surface area contributed by atoms with Crippen LogP contribution in [0, 0.1) is 15.2 Å². The summed E-state index contributed by atoms with van der Waals surface area (Å²) in [6, 6.07) is 8.51. The highest BCUT2D eigenvalue weighted by molar-refractivity contribution is 14.1. The van der Waals surface area contributed by atoms with E-state index < -0.39 is 17.7 Å². The van der Waals surface area contributed by atoms with Crippen molar-refractivity contribution >= 4 is 22.6 Å². The molecule has 19 heavy (non-hydrogen) atoms. The van der Waals surface area contributed by atoms with E-state index in [2.05, 4.69) is 0 Å². The molecule has 0 bridgehead atoms. The Morgan fingerprint density at radius 2 is 1.89 bits per heavy atom. The van der Waals surface area contributed by atoms with Gasteiger partial charge in [0.2, 0.25) is 0 Å². The highest BCUT2D eigenvalue weighted by Gasteiger charge is 2.20. The normalized spacial score (nSPS) is 12.3. The Kier molecular flexibility index (Phi) is 4.36. The molecule has 0 saturated carbocycles. The Bertz CT molecular complexity index is 602. The standard InChI is InChI=1S/C14H11F2IO2/c1-19-12-4-2-3-10(13(12)16)14(18)9-6-5-8(15)7-11(9)17/h2-7,14,18H,1H3. The number of halogens is 3. The van der Waals surface area contributed by atoms with Gasteiger partial charge in [0.05, 0.1) is 7.11 Å². The van der Waals surface area contributed by atoms with E-state index in [1.54, 1.807) is 6.07 Å². The van der Waals surface area contributed by atoms with Crippen LogP contribution in [0.1, 0.15) is 17.2 Å². The number of rotatable bonds is 3. The van der Waals surface area contributed by atoms with Crippen LogP contribution < -0.4 is 4.74 Å². The summed E-state index contributed by atoms with van der Waals surface area (Å²) in [4.78, 5) is 0. The van der Waals surface area contributed by atoms with E-state index in [1.807, 2.05) is 22.6 Å². The van der Waals surface area contributed by atoms with E-state index >= 15 is 0 Å². The van der Waals surface area contributed by atoms with Crippen molar-refractivity contribution in [3.05, 3.63) is 62.7 Å². The van der Waals surface area contributed by atoms with Crippen molar-refractivity contribution in [3.63, 3.8) is 0 Å². The van der Waals surface area contributed by atoms with Crippen LogP contribution in [-0.4, -0.2) is 12.2 Å². The molecule has 2 aromatic carbocycles. The van der Waals surface area contributed by atoms with Crippen LogP contribution in [0.4, 0.5) is 8.78 Å². The van der Waals surface area contributed by atoms with Gasteiger partial charge in [-0.1, -0.05) is 18.2 Å². The summed E-state index contributed by atoms with van der Waals surface area (Å²) in [7, 11) is 1.36. The minimum atomic E-state index is -1.16. The van der Waals surface area contributed by atoms with Gasteiger partial charge < -0.3 is 9.84 Å². The Labute approximate surface area is 123 Å². The number of ether oxygens (including phenoxy) is 1. The molecule has 0 saturated heterocycles. The van der Waals surface area contributed by atoms with Crippen LogP contribution in [0.25, 0.3) is 0 Å². The average molecular weight is 376 g/mol. The van der Waals surface area contributed by atoms with Gasteiger partial charge in [0.15, 0.2) is 11.6 Å². The highest BCUT2D eigenvalue weighted by atomic mass is 127. The number of methoxy groups -OCH3 is 1. The fraction of sp³-hybridized carbons (Fsp3) is 0.143. The quantitative estimate of drug-likeness (QED) is 0.829. The molecule has 1 N–H and O–H groups in total. The molecule has 0 aromatic heterocycles. The first kappa shape index (κ1) is 14.2. The van der Waals surface area contributed by atoms with Crippen molar-refractivity contribution in [2.24, 2.45) is 0 Å². The van der Waals surface area contributed by atoms with Crippen LogP contribution >= 0.6 is 22.6 Å². The van der Waals surface area contributed by atoms with Gasteiger partial charge >= 0.3 is 0 Å². The van der Waals surface area contributed by atoms with Gasteiger partial charge in [-0.2, -0.15) is 0 Å². The van der Waals surface area contributed by atoms with E-state index in [0.29, 0.717) is 9.13 Å². The Morgan fingerprint density at radius 3 is 2.53 bits per heavy atom. The lowest BCUT2D eigenvalue weighted by molar-refractivity contribution is 0.212. The number of hydrogen-bond donors (Lipinski definition) is 1. The molecule has 2 rings (SSSR count). The summed E-state index contributed by atoms with van der Waals surface area (Å²) in [5, 5.41) is 10.2. The van der Waals surface area contributed by atoms with E-state index in [9.17, 15) is 13.9 Å². The smallest absolute Gasteiger partial charge is 0.171 e. The van der Waals surface area contributed by atoms with Crippen LogP contribution in [-0.2, 0) is 0 Å². The number of aliphatic hydroxyl groups is 1.